The molecule has 5 heteroatoms. The Morgan fingerprint density at radius 2 is 2.00 bits per heavy atom. The van der Waals surface area contributed by atoms with Crippen molar-refractivity contribution >= 4 is 15.7 Å². The predicted molar refractivity (Wildman–Crippen MR) is 56.2 cm³/mol. The van der Waals surface area contributed by atoms with Gasteiger partial charge in [-0.2, -0.15) is 0 Å². The molecule has 0 aliphatic carbocycles. The smallest absolute Gasteiger partial charge is 0.229 e. The first kappa shape index (κ1) is 10.8. The topological polar surface area (TPSA) is 55.4 Å². The van der Waals surface area contributed by atoms with Crippen molar-refractivity contribution in [1.29, 1.82) is 0 Å². The summed E-state index contributed by atoms with van der Waals surface area (Å²) in [4.78, 5) is 0. The van der Waals surface area contributed by atoms with Gasteiger partial charge in [-0.3, -0.25) is 4.72 Å². The minimum absolute atomic E-state index is 0.548. The highest BCUT2D eigenvalue weighted by atomic mass is 32.2. The van der Waals surface area contributed by atoms with Crippen molar-refractivity contribution in [3.8, 4) is 5.75 Å². The molecule has 0 radical (unpaired) electrons. The molecule has 1 N–H and O–H groups in total. The van der Waals surface area contributed by atoms with Crippen LogP contribution in [0.3, 0.4) is 0 Å². The van der Waals surface area contributed by atoms with Gasteiger partial charge in [-0.25, -0.2) is 8.42 Å². The Hall–Kier alpha value is -1.23. The largest absolute Gasteiger partial charge is 0.496 e. The number of rotatable bonds is 3. The van der Waals surface area contributed by atoms with Gasteiger partial charge in [0, 0.05) is 5.56 Å². The molecule has 0 saturated heterocycles. The highest BCUT2D eigenvalue weighted by Crippen LogP contribution is 2.25. The Balaban J connectivity index is 3.10. The number of hydrogen-bond acceptors (Lipinski definition) is 3. The first-order valence-corrected chi connectivity index (χ1v) is 5.94. The molecule has 0 aliphatic heterocycles. The second-order valence-electron chi connectivity index (χ2n) is 3.01. The van der Waals surface area contributed by atoms with E-state index in [2.05, 4.69) is 4.72 Å². The van der Waals surface area contributed by atoms with Gasteiger partial charge in [-0.1, -0.05) is 6.07 Å². The van der Waals surface area contributed by atoms with Gasteiger partial charge in [0.15, 0.2) is 0 Å². The number of benzene rings is 1. The van der Waals surface area contributed by atoms with Gasteiger partial charge in [0.05, 0.1) is 19.1 Å². The second-order valence-corrected chi connectivity index (χ2v) is 4.76. The van der Waals surface area contributed by atoms with Crippen LogP contribution in [0, 0.1) is 6.92 Å². The molecule has 78 valence electrons. The van der Waals surface area contributed by atoms with E-state index < -0.39 is 10.0 Å². The van der Waals surface area contributed by atoms with Crippen molar-refractivity contribution < 1.29 is 13.2 Å². The average Bonchev–Trinajstić information content (AvgIpc) is 2.06. The minimum atomic E-state index is -3.23. The molecule has 0 heterocycles. The van der Waals surface area contributed by atoms with Crippen LogP contribution < -0.4 is 9.46 Å². The Morgan fingerprint density at radius 3 is 2.50 bits per heavy atom. The van der Waals surface area contributed by atoms with Crippen molar-refractivity contribution in [2.24, 2.45) is 0 Å². The monoisotopic (exact) mass is 215 g/mol. The van der Waals surface area contributed by atoms with Gasteiger partial charge < -0.3 is 4.74 Å². The van der Waals surface area contributed by atoms with Crippen LogP contribution in [0.4, 0.5) is 5.69 Å². The summed E-state index contributed by atoms with van der Waals surface area (Å²) >= 11 is 0. The third-order valence-corrected chi connectivity index (χ3v) is 2.39. The van der Waals surface area contributed by atoms with E-state index in [1.165, 1.54) is 0 Å². The maximum absolute atomic E-state index is 11.0. The van der Waals surface area contributed by atoms with Crippen molar-refractivity contribution in [3.63, 3.8) is 0 Å². The third-order valence-electron chi connectivity index (χ3n) is 1.80. The van der Waals surface area contributed by atoms with Crippen LogP contribution in [0.2, 0.25) is 0 Å². The average molecular weight is 215 g/mol. The maximum atomic E-state index is 11.0. The lowest BCUT2D eigenvalue weighted by Crippen LogP contribution is -2.10. The van der Waals surface area contributed by atoms with E-state index >= 15 is 0 Å². The van der Waals surface area contributed by atoms with E-state index in [1.54, 1.807) is 32.2 Å². The molecule has 0 fully saturated rings. The molecular formula is C9H13NO3S. The Bertz CT molecular complexity index is 426. The van der Waals surface area contributed by atoms with E-state index in [0.717, 1.165) is 11.8 Å². The fourth-order valence-corrected chi connectivity index (χ4v) is 1.77. The first-order valence-electron chi connectivity index (χ1n) is 4.05. The number of hydrogen-bond donors (Lipinski definition) is 1. The van der Waals surface area contributed by atoms with Crippen LogP contribution in [-0.4, -0.2) is 21.8 Å². The summed E-state index contributed by atoms with van der Waals surface area (Å²) in [7, 11) is -1.68. The zero-order valence-electron chi connectivity index (χ0n) is 8.37. The van der Waals surface area contributed by atoms with Crippen LogP contribution >= 0.6 is 0 Å². The maximum Gasteiger partial charge on any atom is 0.229 e. The lowest BCUT2D eigenvalue weighted by atomic mass is 10.2. The van der Waals surface area contributed by atoms with Crippen molar-refractivity contribution in [1.82, 2.24) is 0 Å². The summed E-state index contributed by atoms with van der Waals surface area (Å²) in [6.07, 6.45) is 1.12. The Kier molecular flexibility index (Phi) is 3.00. The molecule has 0 bridgehead atoms. The molecule has 0 aromatic heterocycles. The molecule has 0 atom stereocenters. The van der Waals surface area contributed by atoms with Gasteiger partial charge >= 0.3 is 0 Å². The number of nitrogens with one attached hydrogen (secondary N) is 1. The molecule has 14 heavy (non-hydrogen) atoms. The van der Waals surface area contributed by atoms with Gasteiger partial charge in [-0.05, 0) is 19.1 Å². The summed E-state index contributed by atoms with van der Waals surface area (Å²) in [5.74, 6) is 0.665. The predicted octanol–water partition coefficient (Wildman–Crippen LogP) is 1.38. The van der Waals surface area contributed by atoms with Crippen LogP contribution in [0.5, 0.6) is 5.75 Å². The van der Waals surface area contributed by atoms with Crippen LogP contribution in [0.15, 0.2) is 18.2 Å². The molecule has 0 saturated carbocycles. The molecule has 1 aromatic rings. The summed E-state index contributed by atoms with van der Waals surface area (Å²) in [5.41, 5.74) is 1.33. The van der Waals surface area contributed by atoms with E-state index in [1.807, 2.05) is 0 Å². The molecule has 0 unspecified atom stereocenters. The van der Waals surface area contributed by atoms with Crippen LogP contribution in [0.25, 0.3) is 0 Å². The standard InChI is InChI=1S/C9H13NO3S/c1-7-8(10-14(3,11)12)5-4-6-9(7)13-2/h4-6,10H,1-3H3. The normalized spacial score (nSPS) is 11.1. The molecule has 4 nitrogen and oxygen atoms in total. The molecule has 0 aliphatic rings. The summed E-state index contributed by atoms with van der Waals surface area (Å²) in [6.45, 7) is 1.80. The lowest BCUT2D eigenvalue weighted by Gasteiger charge is -2.10. The van der Waals surface area contributed by atoms with E-state index in [0.29, 0.717) is 11.4 Å². The van der Waals surface area contributed by atoms with E-state index in [9.17, 15) is 8.42 Å². The van der Waals surface area contributed by atoms with Crippen molar-refractivity contribution in [2.45, 2.75) is 6.92 Å². The van der Waals surface area contributed by atoms with Crippen LogP contribution in [0.1, 0.15) is 5.56 Å². The highest BCUT2D eigenvalue weighted by molar-refractivity contribution is 7.92. The zero-order valence-corrected chi connectivity index (χ0v) is 9.18. The zero-order chi connectivity index (χ0) is 10.8. The highest BCUT2D eigenvalue weighted by Gasteiger charge is 2.07. The minimum Gasteiger partial charge on any atom is -0.496 e. The quantitative estimate of drug-likeness (QED) is 0.828. The lowest BCUT2D eigenvalue weighted by molar-refractivity contribution is 0.412. The molecule has 0 amide bonds. The molecular weight excluding hydrogens is 202 g/mol. The third kappa shape index (κ3) is 2.63. The fraction of sp³-hybridized carbons (Fsp3) is 0.333. The van der Waals surface area contributed by atoms with Gasteiger partial charge in [0.1, 0.15) is 5.75 Å². The van der Waals surface area contributed by atoms with Crippen molar-refractivity contribution in [2.75, 3.05) is 18.1 Å². The number of sulfonamides is 1. The van der Waals surface area contributed by atoms with Crippen molar-refractivity contribution in [3.05, 3.63) is 23.8 Å². The number of ether oxygens (including phenoxy) is 1. The summed E-state index contributed by atoms with van der Waals surface area (Å²) in [6, 6.07) is 5.21. The number of methoxy groups -OCH3 is 1. The van der Waals surface area contributed by atoms with Gasteiger partial charge in [-0.15, -0.1) is 0 Å². The molecule has 0 spiro atoms. The fourth-order valence-electron chi connectivity index (χ4n) is 1.15. The van der Waals surface area contributed by atoms with E-state index in [4.69, 9.17) is 4.74 Å². The first-order chi connectivity index (χ1) is 6.44. The molecule has 1 rings (SSSR count). The summed E-state index contributed by atoms with van der Waals surface area (Å²) < 4.78 is 29.5. The summed E-state index contributed by atoms with van der Waals surface area (Å²) in [5, 5.41) is 0. The van der Waals surface area contributed by atoms with E-state index in [-0.39, 0.29) is 0 Å². The SMILES string of the molecule is COc1cccc(NS(C)(=O)=O)c1C. The van der Waals surface area contributed by atoms with Gasteiger partial charge in [0.2, 0.25) is 10.0 Å². The number of anilines is 1. The van der Waals surface area contributed by atoms with Gasteiger partial charge in [0.25, 0.3) is 0 Å². The second kappa shape index (κ2) is 3.88. The Labute approximate surface area is 84.0 Å². The van der Waals surface area contributed by atoms with Crippen LogP contribution in [-0.2, 0) is 10.0 Å². The Morgan fingerprint density at radius 1 is 1.36 bits per heavy atom. The molecule has 1 aromatic carbocycles.